The van der Waals surface area contributed by atoms with Crippen molar-refractivity contribution in [2.45, 2.75) is 32.1 Å². The number of aryl methyl sites for hydroxylation is 1. The third-order valence-electron chi connectivity index (χ3n) is 3.50. The maximum Gasteiger partial charge on any atom is -0.00186 e. The molecule has 0 aromatic heterocycles. The van der Waals surface area contributed by atoms with Gasteiger partial charge in [-0.05, 0) is 63.4 Å². The standard InChI is InChI=1S/C16H23N/c1-17-13-7-3-2-4-9-15-10-5-6-11-16(15)12-8-14-17/h4-6,9-11H,2-3,7-8,12-14H2,1H3. The Balaban J connectivity index is 2.09. The van der Waals surface area contributed by atoms with Crippen LogP contribution in [0.15, 0.2) is 30.3 Å². The summed E-state index contributed by atoms with van der Waals surface area (Å²) in [6.07, 6.45) is 10.9. The van der Waals surface area contributed by atoms with Crippen molar-refractivity contribution >= 4 is 6.08 Å². The molecule has 92 valence electrons. The lowest BCUT2D eigenvalue weighted by Gasteiger charge is -2.17. The van der Waals surface area contributed by atoms with Crippen molar-refractivity contribution in [2.75, 3.05) is 20.1 Å². The SMILES string of the molecule is CN1CCCCC=Cc2ccccc2CCC1. The Morgan fingerprint density at radius 2 is 1.82 bits per heavy atom. The second-order valence-corrected chi connectivity index (χ2v) is 5.00. The third kappa shape index (κ3) is 4.01. The van der Waals surface area contributed by atoms with E-state index in [4.69, 9.17) is 0 Å². The Kier molecular flexibility index (Phi) is 4.81. The van der Waals surface area contributed by atoms with Gasteiger partial charge < -0.3 is 4.90 Å². The Morgan fingerprint density at radius 1 is 1.00 bits per heavy atom. The van der Waals surface area contributed by atoms with Gasteiger partial charge in [0, 0.05) is 0 Å². The molecule has 1 aromatic rings. The fourth-order valence-electron chi connectivity index (χ4n) is 2.43. The molecule has 0 N–H and O–H groups in total. The Hall–Kier alpha value is -1.08. The molecule has 0 amide bonds. The van der Waals surface area contributed by atoms with Crippen LogP contribution in [0.5, 0.6) is 0 Å². The molecule has 0 saturated carbocycles. The van der Waals surface area contributed by atoms with Gasteiger partial charge in [-0.1, -0.05) is 36.4 Å². The van der Waals surface area contributed by atoms with Gasteiger partial charge in [-0.15, -0.1) is 0 Å². The van der Waals surface area contributed by atoms with E-state index in [1.165, 1.54) is 56.3 Å². The van der Waals surface area contributed by atoms with Gasteiger partial charge in [-0.25, -0.2) is 0 Å². The molecule has 0 spiro atoms. The molecule has 1 aliphatic rings. The summed E-state index contributed by atoms with van der Waals surface area (Å²) in [5, 5.41) is 0. The lowest BCUT2D eigenvalue weighted by Crippen LogP contribution is -2.21. The van der Waals surface area contributed by atoms with Gasteiger partial charge >= 0.3 is 0 Å². The van der Waals surface area contributed by atoms with Crippen molar-refractivity contribution in [3.8, 4) is 0 Å². The van der Waals surface area contributed by atoms with E-state index in [1.54, 1.807) is 0 Å². The molecule has 1 aromatic carbocycles. The first-order valence-electron chi connectivity index (χ1n) is 6.79. The maximum atomic E-state index is 2.47. The zero-order chi connectivity index (χ0) is 11.9. The van der Waals surface area contributed by atoms with Gasteiger partial charge in [-0.2, -0.15) is 0 Å². The summed E-state index contributed by atoms with van der Waals surface area (Å²) < 4.78 is 0. The minimum absolute atomic E-state index is 1.20. The monoisotopic (exact) mass is 229 g/mol. The van der Waals surface area contributed by atoms with E-state index < -0.39 is 0 Å². The van der Waals surface area contributed by atoms with E-state index in [1.807, 2.05) is 0 Å². The highest BCUT2D eigenvalue weighted by Gasteiger charge is 2.02. The van der Waals surface area contributed by atoms with Crippen LogP contribution in [0.1, 0.15) is 36.8 Å². The maximum absolute atomic E-state index is 2.47. The minimum Gasteiger partial charge on any atom is -0.306 e. The highest BCUT2D eigenvalue weighted by Crippen LogP contribution is 2.15. The summed E-state index contributed by atoms with van der Waals surface area (Å²) in [5.41, 5.74) is 2.91. The summed E-state index contributed by atoms with van der Waals surface area (Å²) in [4.78, 5) is 2.47. The normalized spacial score (nSPS) is 19.1. The van der Waals surface area contributed by atoms with Crippen LogP contribution in [0.2, 0.25) is 0 Å². The Labute approximate surface area is 105 Å². The average Bonchev–Trinajstić information content (AvgIpc) is 2.33. The number of benzene rings is 1. The van der Waals surface area contributed by atoms with Gasteiger partial charge in [0.05, 0.1) is 0 Å². The zero-order valence-corrected chi connectivity index (χ0v) is 10.9. The van der Waals surface area contributed by atoms with Crippen LogP contribution >= 0.6 is 0 Å². The van der Waals surface area contributed by atoms with Gasteiger partial charge in [0.15, 0.2) is 0 Å². The second kappa shape index (κ2) is 6.61. The molecule has 17 heavy (non-hydrogen) atoms. The van der Waals surface area contributed by atoms with Gasteiger partial charge in [0.25, 0.3) is 0 Å². The molecule has 0 fully saturated rings. The largest absolute Gasteiger partial charge is 0.306 e. The highest BCUT2D eigenvalue weighted by molar-refractivity contribution is 5.53. The fraction of sp³-hybridized carbons (Fsp3) is 0.500. The highest BCUT2D eigenvalue weighted by atomic mass is 15.1. The number of rotatable bonds is 0. The zero-order valence-electron chi connectivity index (χ0n) is 10.9. The molecule has 1 nitrogen and oxygen atoms in total. The van der Waals surface area contributed by atoms with Crippen molar-refractivity contribution in [3.63, 3.8) is 0 Å². The summed E-state index contributed by atoms with van der Waals surface area (Å²) in [6.45, 7) is 2.47. The lowest BCUT2D eigenvalue weighted by atomic mass is 10.0. The number of hydrogen-bond acceptors (Lipinski definition) is 1. The number of nitrogens with zero attached hydrogens (tertiary/aromatic N) is 1. The van der Waals surface area contributed by atoms with E-state index >= 15 is 0 Å². The third-order valence-corrected chi connectivity index (χ3v) is 3.50. The molecule has 1 heterocycles. The van der Waals surface area contributed by atoms with Crippen molar-refractivity contribution in [2.24, 2.45) is 0 Å². The minimum atomic E-state index is 1.20. The Bertz CT molecular complexity index is 368. The van der Waals surface area contributed by atoms with E-state index in [0.717, 1.165) is 0 Å². The average molecular weight is 229 g/mol. The van der Waals surface area contributed by atoms with Crippen LogP contribution in [0.4, 0.5) is 0 Å². The molecule has 0 bridgehead atoms. The van der Waals surface area contributed by atoms with Crippen LogP contribution in [0.25, 0.3) is 6.08 Å². The Morgan fingerprint density at radius 3 is 2.76 bits per heavy atom. The summed E-state index contributed by atoms with van der Waals surface area (Å²) in [7, 11) is 2.24. The summed E-state index contributed by atoms with van der Waals surface area (Å²) >= 11 is 0. The second-order valence-electron chi connectivity index (χ2n) is 5.00. The van der Waals surface area contributed by atoms with Gasteiger partial charge in [0.1, 0.15) is 0 Å². The lowest BCUT2D eigenvalue weighted by molar-refractivity contribution is 0.322. The molecule has 0 unspecified atom stereocenters. The van der Waals surface area contributed by atoms with Crippen molar-refractivity contribution < 1.29 is 0 Å². The summed E-state index contributed by atoms with van der Waals surface area (Å²) in [6, 6.07) is 8.80. The van der Waals surface area contributed by atoms with E-state index in [9.17, 15) is 0 Å². The van der Waals surface area contributed by atoms with Crippen molar-refractivity contribution in [3.05, 3.63) is 41.5 Å². The molecule has 2 rings (SSSR count). The summed E-state index contributed by atoms with van der Waals surface area (Å²) in [5.74, 6) is 0. The number of hydrogen-bond donors (Lipinski definition) is 0. The van der Waals surface area contributed by atoms with E-state index in [-0.39, 0.29) is 0 Å². The topological polar surface area (TPSA) is 3.24 Å². The molecule has 0 saturated heterocycles. The first-order valence-corrected chi connectivity index (χ1v) is 6.79. The van der Waals surface area contributed by atoms with Gasteiger partial charge in [-0.3, -0.25) is 0 Å². The fourth-order valence-corrected chi connectivity index (χ4v) is 2.43. The quantitative estimate of drug-likeness (QED) is 0.655. The number of fused-ring (bicyclic) bond motifs is 1. The van der Waals surface area contributed by atoms with Crippen LogP contribution in [-0.2, 0) is 6.42 Å². The van der Waals surface area contributed by atoms with Crippen LogP contribution in [0, 0.1) is 0 Å². The molecule has 0 radical (unpaired) electrons. The van der Waals surface area contributed by atoms with E-state index in [0.29, 0.717) is 0 Å². The molecule has 1 aliphatic heterocycles. The number of allylic oxidation sites excluding steroid dienone is 1. The molecule has 0 atom stereocenters. The first-order chi connectivity index (χ1) is 8.36. The van der Waals surface area contributed by atoms with Gasteiger partial charge in [0.2, 0.25) is 0 Å². The van der Waals surface area contributed by atoms with Crippen molar-refractivity contribution in [1.82, 2.24) is 4.90 Å². The van der Waals surface area contributed by atoms with Crippen LogP contribution in [0.3, 0.4) is 0 Å². The van der Waals surface area contributed by atoms with Crippen LogP contribution < -0.4 is 0 Å². The van der Waals surface area contributed by atoms with E-state index in [2.05, 4.69) is 48.4 Å². The predicted molar refractivity (Wildman–Crippen MR) is 75.1 cm³/mol. The molecule has 0 aliphatic carbocycles. The van der Waals surface area contributed by atoms with Crippen LogP contribution in [-0.4, -0.2) is 25.0 Å². The smallest absolute Gasteiger partial charge is 0.00186 e. The molecular formula is C16H23N. The first kappa shape index (κ1) is 12.4. The molecule has 1 heteroatoms. The van der Waals surface area contributed by atoms with Crippen molar-refractivity contribution in [1.29, 1.82) is 0 Å². The molecular weight excluding hydrogens is 206 g/mol. The predicted octanol–water partition coefficient (Wildman–Crippen LogP) is 3.75.